The second-order valence-electron chi connectivity index (χ2n) is 5.78. The topological polar surface area (TPSA) is 104 Å². The molecule has 1 aromatic heterocycles. The Kier molecular flexibility index (Phi) is 7.34. The Balaban J connectivity index is 2.50. The molecule has 0 N–H and O–H groups in total. The van der Waals surface area contributed by atoms with E-state index < -0.39 is 21.8 Å². The fourth-order valence-corrected chi connectivity index (χ4v) is 2.56. The minimum Gasteiger partial charge on any atom is -0.449 e. The minimum absolute atomic E-state index is 0.0157. The Morgan fingerprint density at radius 2 is 1.92 bits per heavy atom. The molecule has 0 fully saturated rings. The maximum Gasteiger partial charge on any atom is 0.519 e. The molecule has 0 spiro atoms. The Bertz CT molecular complexity index is 666. The first-order valence-electron chi connectivity index (χ1n) is 7.15. The second-order valence-corrected chi connectivity index (χ2v) is 7.85. The molecule has 0 saturated heterocycles. The Morgan fingerprint density at radius 3 is 2.38 bits per heavy atom. The van der Waals surface area contributed by atoms with Gasteiger partial charge in [-0.15, -0.1) is 0 Å². The van der Waals surface area contributed by atoms with Gasteiger partial charge in [0.2, 0.25) is 0 Å². The number of ether oxygens (including phenoxy) is 1. The Hall–Kier alpha value is -1.48. The summed E-state index contributed by atoms with van der Waals surface area (Å²) in [6.07, 6.45) is 0.0157. The van der Waals surface area contributed by atoms with Crippen molar-refractivity contribution in [2.24, 2.45) is 5.92 Å². The summed E-state index contributed by atoms with van der Waals surface area (Å²) in [6, 6.07) is 0. The van der Waals surface area contributed by atoms with Gasteiger partial charge in [-0.25, -0.2) is 9.59 Å². The van der Waals surface area contributed by atoms with Crippen LogP contribution < -0.4 is 5.82 Å². The molecule has 0 saturated carbocycles. The lowest BCUT2D eigenvalue weighted by Crippen LogP contribution is -2.30. The monoisotopic (exact) mass is 376 g/mol. The molecule has 0 aromatic carbocycles. The van der Waals surface area contributed by atoms with Crippen molar-refractivity contribution in [2.45, 2.75) is 45.5 Å². The van der Waals surface area contributed by atoms with Gasteiger partial charge >= 0.3 is 11.1 Å². The van der Waals surface area contributed by atoms with E-state index in [4.69, 9.17) is 9.15 Å². The fourth-order valence-electron chi connectivity index (χ4n) is 1.63. The van der Waals surface area contributed by atoms with E-state index in [2.05, 4.69) is 17.0 Å². The van der Waals surface area contributed by atoms with Crippen LogP contribution in [0.25, 0.3) is 0 Å². The van der Waals surface area contributed by atoms with E-state index in [0.29, 0.717) is 0 Å². The molecule has 0 aliphatic rings. The fraction of sp³-hybridized carbons (Fsp3) is 0.600. The smallest absolute Gasteiger partial charge is 0.449 e. The van der Waals surface area contributed by atoms with Gasteiger partial charge in [0, 0.05) is 18.1 Å². The van der Waals surface area contributed by atoms with Gasteiger partial charge in [-0.2, -0.15) is 12.6 Å². The first-order chi connectivity index (χ1) is 11.0. The molecule has 134 valence electrons. The molecule has 0 bridgehead atoms. The van der Waals surface area contributed by atoms with Crippen LogP contribution >= 0.6 is 24.4 Å². The quantitative estimate of drug-likeness (QED) is 0.545. The average Bonchev–Trinajstić information content (AvgIpc) is 2.77. The van der Waals surface area contributed by atoms with Crippen molar-refractivity contribution >= 4 is 41.3 Å². The Morgan fingerprint density at radius 1 is 1.29 bits per heavy atom. The molecule has 0 amide bonds. The molecular weight excluding hydrogens is 356 g/mol. The number of aryl methyl sites for hydroxylation is 1. The molecule has 1 aromatic rings. The summed E-state index contributed by atoms with van der Waals surface area (Å²) < 4.78 is 13.5. The van der Waals surface area contributed by atoms with Crippen LogP contribution in [0.1, 0.15) is 38.7 Å². The van der Waals surface area contributed by atoms with Gasteiger partial charge in [0.1, 0.15) is 11.6 Å². The van der Waals surface area contributed by atoms with Crippen molar-refractivity contribution in [3.63, 3.8) is 0 Å². The molecule has 1 atom stereocenters. The van der Waals surface area contributed by atoms with E-state index in [1.165, 1.54) is 13.8 Å². The molecule has 0 unspecified atom stereocenters. The van der Waals surface area contributed by atoms with E-state index in [-0.39, 0.29) is 41.9 Å². The molecular formula is C15H20O7S2. The summed E-state index contributed by atoms with van der Waals surface area (Å²) in [4.78, 5) is 46.2. The molecule has 1 heterocycles. The lowest BCUT2D eigenvalue weighted by atomic mass is 9.94. The molecule has 24 heavy (non-hydrogen) atoms. The predicted octanol–water partition coefficient (Wildman–Crippen LogP) is 2.78. The van der Waals surface area contributed by atoms with Crippen LogP contribution in [-0.2, 0) is 20.9 Å². The van der Waals surface area contributed by atoms with Crippen LogP contribution in [0, 0.1) is 12.8 Å². The maximum absolute atomic E-state index is 12.0. The maximum atomic E-state index is 12.0. The van der Waals surface area contributed by atoms with E-state index in [1.807, 2.05) is 0 Å². The minimum atomic E-state index is -0.865. The number of hydrogen-bond donors (Lipinski definition) is 1. The molecule has 1 rings (SSSR count). The van der Waals surface area contributed by atoms with E-state index in [9.17, 15) is 19.2 Å². The van der Waals surface area contributed by atoms with E-state index >= 15 is 0 Å². The summed E-state index contributed by atoms with van der Waals surface area (Å²) in [5, 5.41) is -0.637. The second kappa shape index (κ2) is 8.57. The van der Waals surface area contributed by atoms with Gasteiger partial charge in [-0.05, 0) is 39.5 Å². The molecule has 7 nitrogen and oxygen atoms in total. The first-order valence-corrected chi connectivity index (χ1v) is 8.59. The standard InChI is InChI=1S/C15H20O7S2/c1-8(16)10(5-12(17)15(3,4)23)7-24-14(19)20-6-11-9(2)21-13(18)22-11/h10,23H,5-7H2,1-4H3/t10-/m0/s1. The number of carbonyl (C=O) groups excluding carboxylic acids is 3. The van der Waals surface area contributed by atoms with Crippen molar-refractivity contribution in [3.05, 3.63) is 22.1 Å². The number of Topliss-reactive ketones (excluding diaryl/α,β-unsaturated/α-hetero) is 2. The summed E-state index contributed by atoms with van der Waals surface area (Å²) in [6.45, 7) is 5.95. The number of hydrogen-bond acceptors (Lipinski definition) is 9. The predicted molar refractivity (Wildman–Crippen MR) is 91.5 cm³/mol. The Labute approximate surface area is 148 Å². The third kappa shape index (κ3) is 6.56. The summed E-state index contributed by atoms with van der Waals surface area (Å²) in [7, 11) is 0. The van der Waals surface area contributed by atoms with Crippen LogP contribution in [0.15, 0.2) is 13.6 Å². The van der Waals surface area contributed by atoms with Crippen LogP contribution in [0.4, 0.5) is 4.79 Å². The van der Waals surface area contributed by atoms with Crippen molar-refractivity contribution in [1.82, 2.24) is 0 Å². The SMILES string of the molecule is CC(=O)[C@H](CSC(=O)OCc1oc(=O)oc1C)CC(=O)C(C)(C)S. The van der Waals surface area contributed by atoms with E-state index in [1.54, 1.807) is 13.8 Å². The number of rotatable bonds is 8. The highest BCUT2D eigenvalue weighted by Gasteiger charge is 2.28. The average molecular weight is 376 g/mol. The zero-order chi connectivity index (χ0) is 18.5. The zero-order valence-corrected chi connectivity index (χ0v) is 15.6. The van der Waals surface area contributed by atoms with Crippen molar-refractivity contribution in [3.8, 4) is 0 Å². The number of thioether (sulfide) groups is 1. The highest BCUT2D eigenvalue weighted by molar-refractivity contribution is 8.13. The van der Waals surface area contributed by atoms with Gasteiger partial charge in [-0.3, -0.25) is 9.59 Å². The lowest BCUT2D eigenvalue weighted by Gasteiger charge is -2.19. The third-order valence-electron chi connectivity index (χ3n) is 3.25. The summed E-state index contributed by atoms with van der Waals surface area (Å²) in [5.41, 5.74) is 0. The van der Waals surface area contributed by atoms with Crippen molar-refractivity contribution < 1.29 is 28.0 Å². The number of thiol groups is 1. The largest absolute Gasteiger partial charge is 0.519 e. The first kappa shape index (κ1) is 20.6. The molecule has 9 heteroatoms. The van der Waals surface area contributed by atoms with Crippen LogP contribution in [0.5, 0.6) is 0 Å². The van der Waals surface area contributed by atoms with Gasteiger partial charge in [0.25, 0.3) is 0 Å². The third-order valence-corrected chi connectivity index (χ3v) is 4.42. The molecule has 0 aliphatic carbocycles. The van der Waals surface area contributed by atoms with Gasteiger partial charge < -0.3 is 13.6 Å². The summed E-state index contributed by atoms with van der Waals surface area (Å²) in [5.74, 6) is -1.32. The van der Waals surface area contributed by atoms with Crippen LogP contribution in [-0.4, -0.2) is 27.4 Å². The van der Waals surface area contributed by atoms with Gasteiger partial charge in [0.15, 0.2) is 18.1 Å². The molecule has 0 aliphatic heterocycles. The van der Waals surface area contributed by atoms with Crippen molar-refractivity contribution in [1.29, 1.82) is 0 Å². The normalized spacial score (nSPS) is 12.7. The van der Waals surface area contributed by atoms with Gasteiger partial charge in [0.05, 0.1) is 4.75 Å². The zero-order valence-electron chi connectivity index (χ0n) is 13.9. The highest BCUT2D eigenvalue weighted by atomic mass is 32.2. The van der Waals surface area contributed by atoms with Crippen LogP contribution in [0.3, 0.4) is 0 Å². The van der Waals surface area contributed by atoms with Crippen LogP contribution in [0.2, 0.25) is 0 Å². The highest BCUT2D eigenvalue weighted by Crippen LogP contribution is 2.22. The molecule has 0 radical (unpaired) electrons. The van der Waals surface area contributed by atoms with E-state index in [0.717, 1.165) is 11.8 Å². The lowest BCUT2D eigenvalue weighted by molar-refractivity contribution is -0.126. The number of ketones is 2. The van der Waals surface area contributed by atoms with Crippen molar-refractivity contribution in [2.75, 3.05) is 5.75 Å². The van der Waals surface area contributed by atoms with Gasteiger partial charge in [-0.1, -0.05) is 0 Å². The summed E-state index contributed by atoms with van der Waals surface area (Å²) >= 11 is 4.97. The number of carbonyl (C=O) groups is 3.